The molecule has 4 heteroatoms. The Kier molecular flexibility index (Phi) is 2.96. The molecule has 1 aliphatic rings. The van der Waals surface area contributed by atoms with E-state index in [9.17, 15) is 5.11 Å². The van der Waals surface area contributed by atoms with Crippen molar-refractivity contribution in [3.05, 3.63) is 29.0 Å². The average Bonchev–Trinajstić information content (AvgIpc) is 2.23. The second-order valence-electron chi connectivity index (χ2n) is 4.23. The summed E-state index contributed by atoms with van der Waals surface area (Å²) in [5.74, 6) is 0. The van der Waals surface area contributed by atoms with Gasteiger partial charge in [0.2, 0.25) is 0 Å². The van der Waals surface area contributed by atoms with Gasteiger partial charge in [-0.3, -0.25) is 4.98 Å². The third kappa shape index (κ3) is 2.30. The molecule has 0 unspecified atom stereocenters. The highest BCUT2D eigenvalue weighted by Crippen LogP contribution is 2.32. The number of aromatic nitrogens is 1. The van der Waals surface area contributed by atoms with Gasteiger partial charge in [0.05, 0.1) is 10.6 Å². The Labute approximate surface area is 94.7 Å². The van der Waals surface area contributed by atoms with Crippen LogP contribution in [0.25, 0.3) is 0 Å². The predicted molar refractivity (Wildman–Crippen MR) is 59.9 cm³/mol. The van der Waals surface area contributed by atoms with Crippen molar-refractivity contribution in [2.24, 2.45) is 0 Å². The lowest BCUT2D eigenvalue weighted by molar-refractivity contribution is -0.0205. The van der Waals surface area contributed by atoms with Crippen LogP contribution in [0.5, 0.6) is 0 Å². The Morgan fingerprint density at radius 1 is 1.40 bits per heavy atom. The van der Waals surface area contributed by atoms with E-state index in [0.717, 1.165) is 31.5 Å². The smallest absolute Gasteiger partial charge is 0.0936 e. The first kappa shape index (κ1) is 10.9. The molecule has 0 amide bonds. The van der Waals surface area contributed by atoms with Crippen LogP contribution in [0.2, 0.25) is 5.02 Å². The van der Waals surface area contributed by atoms with E-state index in [0.29, 0.717) is 5.02 Å². The lowest BCUT2D eigenvalue weighted by Gasteiger charge is -2.36. The van der Waals surface area contributed by atoms with Gasteiger partial charge >= 0.3 is 0 Å². The summed E-state index contributed by atoms with van der Waals surface area (Å²) in [5.41, 5.74) is 0.0906. The van der Waals surface area contributed by atoms with Crippen molar-refractivity contribution in [3.63, 3.8) is 0 Å². The Bertz CT molecular complexity index is 348. The van der Waals surface area contributed by atoms with Crippen LogP contribution in [0, 0.1) is 0 Å². The zero-order valence-corrected chi connectivity index (χ0v) is 9.54. The molecule has 1 saturated heterocycles. The van der Waals surface area contributed by atoms with Gasteiger partial charge in [0.15, 0.2) is 0 Å². The van der Waals surface area contributed by atoms with Crippen LogP contribution >= 0.6 is 11.6 Å². The van der Waals surface area contributed by atoms with Crippen molar-refractivity contribution >= 4 is 11.6 Å². The molecule has 1 aromatic heterocycles. The van der Waals surface area contributed by atoms with E-state index in [4.69, 9.17) is 11.6 Å². The minimum Gasteiger partial charge on any atom is -0.385 e. The largest absolute Gasteiger partial charge is 0.385 e. The third-order valence-corrected chi connectivity index (χ3v) is 3.26. The van der Waals surface area contributed by atoms with Gasteiger partial charge in [-0.2, -0.15) is 0 Å². The fourth-order valence-corrected chi connectivity index (χ4v) is 2.12. The number of hydrogen-bond acceptors (Lipinski definition) is 3. The molecule has 1 N–H and O–H groups in total. The highest BCUT2D eigenvalue weighted by atomic mass is 35.5. The van der Waals surface area contributed by atoms with Crippen molar-refractivity contribution in [2.75, 3.05) is 20.1 Å². The quantitative estimate of drug-likeness (QED) is 0.791. The maximum atomic E-state index is 10.5. The first-order valence-corrected chi connectivity index (χ1v) is 5.50. The SMILES string of the molecule is CN1CCC(O)(c2cncc(Cl)c2)CC1. The summed E-state index contributed by atoms with van der Waals surface area (Å²) in [5, 5.41) is 11.0. The molecule has 1 aliphatic heterocycles. The highest BCUT2D eigenvalue weighted by molar-refractivity contribution is 6.30. The van der Waals surface area contributed by atoms with Gasteiger partial charge in [0, 0.05) is 31.0 Å². The minimum absolute atomic E-state index is 0.583. The molecule has 15 heavy (non-hydrogen) atoms. The molecule has 0 aromatic carbocycles. The molecule has 1 aromatic rings. The van der Waals surface area contributed by atoms with E-state index in [1.807, 2.05) is 0 Å². The number of likely N-dealkylation sites (tertiary alicyclic amines) is 1. The molecule has 0 spiro atoms. The molecule has 0 bridgehead atoms. The lowest BCUT2D eigenvalue weighted by Crippen LogP contribution is -2.40. The van der Waals surface area contributed by atoms with E-state index < -0.39 is 5.60 Å². The Morgan fingerprint density at radius 3 is 2.67 bits per heavy atom. The van der Waals surface area contributed by atoms with Crippen LogP contribution in [0.4, 0.5) is 0 Å². The summed E-state index contributed by atoms with van der Waals surface area (Å²) < 4.78 is 0. The van der Waals surface area contributed by atoms with Gasteiger partial charge in [-0.05, 0) is 26.0 Å². The zero-order chi connectivity index (χ0) is 10.9. The van der Waals surface area contributed by atoms with E-state index in [2.05, 4.69) is 16.9 Å². The van der Waals surface area contributed by atoms with Crippen LogP contribution in [0.15, 0.2) is 18.5 Å². The molecule has 1 fully saturated rings. The van der Waals surface area contributed by atoms with Gasteiger partial charge in [0.1, 0.15) is 0 Å². The van der Waals surface area contributed by atoms with Gasteiger partial charge in [-0.25, -0.2) is 0 Å². The van der Waals surface area contributed by atoms with Crippen molar-refractivity contribution in [2.45, 2.75) is 18.4 Å². The number of aliphatic hydroxyl groups is 1. The number of rotatable bonds is 1. The topological polar surface area (TPSA) is 36.4 Å². The van der Waals surface area contributed by atoms with Crippen LogP contribution < -0.4 is 0 Å². The second kappa shape index (κ2) is 4.08. The highest BCUT2D eigenvalue weighted by Gasteiger charge is 2.33. The Balaban J connectivity index is 2.22. The summed E-state index contributed by atoms with van der Waals surface area (Å²) in [6, 6.07) is 1.81. The van der Waals surface area contributed by atoms with Crippen LogP contribution in [0.1, 0.15) is 18.4 Å². The second-order valence-corrected chi connectivity index (χ2v) is 4.66. The maximum absolute atomic E-state index is 10.5. The third-order valence-electron chi connectivity index (χ3n) is 3.06. The summed E-state index contributed by atoms with van der Waals surface area (Å²) in [4.78, 5) is 6.23. The maximum Gasteiger partial charge on any atom is 0.0936 e. The van der Waals surface area contributed by atoms with Gasteiger partial charge in [-0.1, -0.05) is 11.6 Å². The molecule has 2 rings (SSSR count). The fourth-order valence-electron chi connectivity index (χ4n) is 1.94. The van der Waals surface area contributed by atoms with Crippen molar-refractivity contribution < 1.29 is 5.11 Å². The van der Waals surface area contributed by atoms with E-state index in [1.54, 1.807) is 18.5 Å². The van der Waals surface area contributed by atoms with Crippen LogP contribution in [0.3, 0.4) is 0 Å². The van der Waals surface area contributed by atoms with Gasteiger partial charge in [0.25, 0.3) is 0 Å². The fraction of sp³-hybridized carbons (Fsp3) is 0.545. The van der Waals surface area contributed by atoms with Gasteiger partial charge < -0.3 is 10.0 Å². The standard InChI is InChI=1S/C11H15ClN2O/c1-14-4-2-11(15,3-5-14)9-6-10(12)8-13-7-9/h6-8,15H,2-5H2,1H3. The minimum atomic E-state index is -0.746. The molecule has 82 valence electrons. The number of halogens is 1. The van der Waals surface area contributed by atoms with Crippen molar-refractivity contribution in [1.82, 2.24) is 9.88 Å². The molecule has 0 aliphatic carbocycles. The monoisotopic (exact) mass is 226 g/mol. The Hall–Kier alpha value is -0.640. The number of nitrogens with zero attached hydrogens (tertiary/aromatic N) is 2. The molecule has 0 radical (unpaired) electrons. The number of pyridine rings is 1. The zero-order valence-electron chi connectivity index (χ0n) is 8.78. The number of piperidine rings is 1. The van der Waals surface area contributed by atoms with Crippen LogP contribution in [-0.2, 0) is 5.60 Å². The molecule has 2 heterocycles. The number of hydrogen-bond donors (Lipinski definition) is 1. The van der Waals surface area contributed by atoms with Crippen molar-refractivity contribution in [1.29, 1.82) is 0 Å². The van der Waals surface area contributed by atoms with Crippen LogP contribution in [-0.4, -0.2) is 35.1 Å². The molecule has 0 saturated carbocycles. The molecular weight excluding hydrogens is 212 g/mol. The summed E-state index contributed by atoms with van der Waals surface area (Å²) >= 11 is 5.87. The molecular formula is C11H15ClN2O. The molecule has 0 atom stereocenters. The lowest BCUT2D eigenvalue weighted by atomic mass is 9.85. The van der Waals surface area contributed by atoms with Crippen molar-refractivity contribution in [3.8, 4) is 0 Å². The first-order valence-electron chi connectivity index (χ1n) is 5.12. The Morgan fingerprint density at radius 2 is 2.07 bits per heavy atom. The predicted octanol–water partition coefficient (Wildman–Crippen LogP) is 1.65. The summed E-state index contributed by atoms with van der Waals surface area (Å²) in [7, 11) is 2.07. The average molecular weight is 227 g/mol. The van der Waals surface area contributed by atoms with E-state index >= 15 is 0 Å². The summed E-state index contributed by atoms with van der Waals surface area (Å²) in [6.45, 7) is 1.81. The van der Waals surface area contributed by atoms with Gasteiger partial charge in [-0.15, -0.1) is 0 Å². The normalized spacial score (nSPS) is 21.5. The first-order chi connectivity index (χ1) is 7.10. The van der Waals surface area contributed by atoms with E-state index in [-0.39, 0.29) is 0 Å². The molecule has 3 nitrogen and oxygen atoms in total. The summed E-state index contributed by atoms with van der Waals surface area (Å²) in [6.07, 6.45) is 4.78. The van der Waals surface area contributed by atoms with E-state index in [1.165, 1.54) is 0 Å².